The van der Waals surface area contributed by atoms with Crippen LogP contribution in [0, 0.1) is 22.7 Å². The fourth-order valence-corrected chi connectivity index (χ4v) is 6.70. The van der Waals surface area contributed by atoms with E-state index < -0.39 is 28.7 Å². The van der Waals surface area contributed by atoms with E-state index in [1.165, 1.54) is 0 Å². The molecule has 3 rings (SSSR count). The van der Waals surface area contributed by atoms with Crippen molar-refractivity contribution in [1.29, 1.82) is 0 Å². The van der Waals surface area contributed by atoms with Gasteiger partial charge in [-0.05, 0) is 50.4 Å². The lowest BCUT2D eigenvalue weighted by Gasteiger charge is -2.65. The minimum absolute atomic E-state index is 0.0703. The van der Waals surface area contributed by atoms with Crippen LogP contribution in [0.5, 0.6) is 0 Å². The normalized spacial score (nSPS) is 51.4. The van der Waals surface area contributed by atoms with Gasteiger partial charge >= 0.3 is 5.97 Å². The molecule has 3 aliphatic rings. The van der Waals surface area contributed by atoms with Crippen LogP contribution in [-0.4, -0.2) is 56.9 Å². The van der Waals surface area contributed by atoms with Gasteiger partial charge in [-0.3, -0.25) is 4.79 Å². The zero-order valence-corrected chi connectivity index (χ0v) is 16.2. The molecule has 2 aliphatic carbocycles. The molecular formula is C20H34O6. The molecule has 0 aromatic carbocycles. The Morgan fingerprint density at radius 1 is 1.08 bits per heavy atom. The first-order chi connectivity index (χ1) is 12.1. The topological polar surface area (TPSA) is 107 Å². The molecule has 6 nitrogen and oxygen atoms in total. The minimum Gasteiger partial charge on any atom is -0.481 e. The Bertz CT molecular complexity index is 567. The summed E-state index contributed by atoms with van der Waals surface area (Å²) < 4.78 is 6.60. The highest BCUT2D eigenvalue weighted by atomic mass is 16.5. The molecule has 0 amide bonds. The van der Waals surface area contributed by atoms with E-state index in [1.807, 2.05) is 6.92 Å². The van der Waals surface area contributed by atoms with Crippen molar-refractivity contribution in [2.24, 2.45) is 22.7 Å². The zero-order valence-electron chi connectivity index (χ0n) is 16.2. The van der Waals surface area contributed by atoms with E-state index in [1.54, 1.807) is 0 Å². The van der Waals surface area contributed by atoms with Crippen molar-refractivity contribution in [2.75, 3.05) is 13.2 Å². The molecule has 1 heterocycles. The quantitative estimate of drug-likeness (QED) is 0.602. The smallest absolute Gasteiger partial charge is 0.306 e. The maximum absolute atomic E-state index is 11.4. The number of hydrogen-bond donors (Lipinski definition) is 4. The molecule has 0 unspecified atom stereocenters. The highest BCUT2D eigenvalue weighted by Gasteiger charge is 2.68. The number of carboxylic acids is 1. The van der Waals surface area contributed by atoms with Gasteiger partial charge in [0.05, 0.1) is 31.3 Å². The molecule has 1 aliphatic heterocycles. The summed E-state index contributed by atoms with van der Waals surface area (Å²) in [5.41, 5.74) is -2.40. The number of aliphatic carboxylic acids is 1. The molecule has 1 saturated heterocycles. The minimum atomic E-state index is -1.03. The summed E-state index contributed by atoms with van der Waals surface area (Å²) in [5.74, 6) is -0.621. The maximum Gasteiger partial charge on any atom is 0.306 e. The van der Waals surface area contributed by atoms with Gasteiger partial charge in [-0.1, -0.05) is 20.8 Å². The first-order valence-electron chi connectivity index (χ1n) is 9.91. The molecule has 6 heteroatoms. The van der Waals surface area contributed by atoms with Crippen LogP contribution < -0.4 is 0 Å². The fraction of sp³-hybridized carbons (Fsp3) is 0.950. The van der Waals surface area contributed by atoms with Crippen LogP contribution in [0.25, 0.3) is 0 Å². The molecule has 0 radical (unpaired) electrons. The monoisotopic (exact) mass is 370 g/mol. The van der Waals surface area contributed by atoms with E-state index in [9.17, 15) is 25.2 Å². The van der Waals surface area contributed by atoms with Crippen LogP contribution >= 0.6 is 0 Å². The molecule has 0 aromatic heterocycles. The Morgan fingerprint density at radius 3 is 2.35 bits per heavy atom. The fourth-order valence-electron chi connectivity index (χ4n) is 6.70. The summed E-state index contributed by atoms with van der Waals surface area (Å²) in [7, 11) is 0. The van der Waals surface area contributed by atoms with E-state index >= 15 is 0 Å². The summed E-state index contributed by atoms with van der Waals surface area (Å²) in [6.45, 7) is 5.96. The van der Waals surface area contributed by atoms with Gasteiger partial charge in [-0.15, -0.1) is 0 Å². The predicted octanol–water partition coefficient (Wildman–Crippen LogP) is 1.95. The molecule has 1 spiro atoms. The number of ether oxygens (including phenoxy) is 1. The van der Waals surface area contributed by atoms with Crippen molar-refractivity contribution in [3.05, 3.63) is 0 Å². The average Bonchev–Trinajstić information content (AvgIpc) is 2.98. The summed E-state index contributed by atoms with van der Waals surface area (Å²) in [6.07, 6.45) is 3.73. The lowest BCUT2D eigenvalue weighted by molar-refractivity contribution is -0.271. The Balaban J connectivity index is 2.02. The molecule has 26 heavy (non-hydrogen) atoms. The third kappa shape index (κ3) is 2.56. The van der Waals surface area contributed by atoms with Crippen molar-refractivity contribution in [2.45, 2.75) is 83.0 Å². The molecule has 0 bridgehead atoms. The molecule has 4 N–H and O–H groups in total. The van der Waals surface area contributed by atoms with Gasteiger partial charge in [0, 0.05) is 10.8 Å². The van der Waals surface area contributed by atoms with Crippen LogP contribution in [0.3, 0.4) is 0 Å². The average molecular weight is 370 g/mol. The summed E-state index contributed by atoms with van der Waals surface area (Å²) in [4.78, 5) is 11.4. The van der Waals surface area contributed by atoms with Gasteiger partial charge < -0.3 is 25.2 Å². The second-order valence-corrected chi connectivity index (χ2v) is 9.57. The molecule has 0 aromatic rings. The van der Waals surface area contributed by atoms with Crippen LogP contribution in [0.2, 0.25) is 0 Å². The van der Waals surface area contributed by atoms with Gasteiger partial charge in [-0.25, -0.2) is 0 Å². The lowest BCUT2D eigenvalue weighted by Crippen LogP contribution is -2.66. The SMILES string of the molecule is C[C@@H]1CC[C@@H]2[C@](C)(CO)[C@H](O)CC[C@]2(C)[C@@]12CC[C@@](CO)(CC(=O)O)O2. The Labute approximate surface area is 155 Å². The summed E-state index contributed by atoms with van der Waals surface area (Å²) in [5, 5.41) is 40.0. The second-order valence-electron chi connectivity index (χ2n) is 9.57. The van der Waals surface area contributed by atoms with E-state index in [0.717, 1.165) is 19.3 Å². The first kappa shape index (κ1) is 20.1. The van der Waals surface area contributed by atoms with Gasteiger partial charge in [-0.2, -0.15) is 0 Å². The van der Waals surface area contributed by atoms with Gasteiger partial charge in [0.2, 0.25) is 0 Å². The molecule has 3 fully saturated rings. The number of hydrogen-bond acceptors (Lipinski definition) is 5. The van der Waals surface area contributed by atoms with Crippen molar-refractivity contribution in [3.63, 3.8) is 0 Å². The molecular weight excluding hydrogens is 336 g/mol. The Morgan fingerprint density at radius 2 is 1.77 bits per heavy atom. The third-order valence-electron chi connectivity index (χ3n) is 8.37. The van der Waals surface area contributed by atoms with Gasteiger partial charge in [0.15, 0.2) is 0 Å². The van der Waals surface area contributed by atoms with E-state index in [-0.39, 0.29) is 36.9 Å². The highest BCUT2D eigenvalue weighted by molar-refractivity contribution is 5.68. The second kappa shape index (κ2) is 6.43. The number of aliphatic hydroxyl groups is 3. The maximum atomic E-state index is 11.4. The third-order valence-corrected chi connectivity index (χ3v) is 8.37. The largest absolute Gasteiger partial charge is 0.481 e. The van der Waals surface area contributed by atoms with Gasteiger partial charge in [0.1, 0.15) is 5.60 Å². The summed E-state index contributed by atoms with van der Waals surface area (Å²) in [6, 6.07) is 0. The van der Waals surface area contributed by atoms with Crippen molar-refractivity contribution in [1.82, 2.24) is 0 Å². The van der Waals surface area contributed by atoms with E-state index in [0.29, 0.717) is 19.3 Å². The van der Waals surface area contributed by atoms with Crippen molar-refractivity contribution < 1.29 is 30.0 Å². The standard InChI is InChI=1S/C20H34O6/c1-13-4-5-14-17(2,11-21)15(23)6-7-18(14,3)20(13)9-8-19(12-22,26-20)10-16(24)25/h13-15,21-23H,4-12H2,1-3H3,(H,24,25)/t13-,14-,15-,17+,18+,19+,20-/m1/s1. The number of rotatable bonds is 4. The number of fused-ring (bicyclic) bond motifs is 2. The van der Waals surface area contributed by atoms with E-state index in [4.69, 9.17) is 4.74 Å². The van der Waals surface area contributed by atoms with Gasteiger partial charge in [0.25, 0.3) is 0 Å². The number of carbonyl (C=O) groups is 1. The Kier molecular flexibility index (Phi) is 4.96. The summed E-state index contributed by atoms with van der Waals surface area (Å²) >= 11 is 0. The van der Waals surface area contributed by atoms with Crippen LogP contribution in [0.4, 0.5) is 0 Å². The predicted molar refractivity (Wildman–Crippen MR) is 95.5 cm³/mol. The van der Waals surface area contributed by atoms with Crippen LogP contribution in [-0.2, 0) is 9.53 Å². The van der Waals surface area contributed by atoms with Crippen molar-refractivity contribution >= 4 is 5.97 Å². The van der Waals surface area contributed by atoms with E-state index in [2.05, 4.69) is 13.8 Å². The molecule has 2 saturated carbocycles. The number of carboxylic acid groups (broad SMARTS) is 1. The number of aliphatic hydroxyl groups excluding tert-OH is 3. The highest BCUT2D eigenvalue weighted by Crippen LogP contribution is 2.67. The van der Waals surface area contributed by atoms with Crippen molar-refractivity contribution in [3.8, 4) is 0 Å². The Hall–Kier alpha value is -0.690. The zero-order chi connectivity index (χ0) is 19.4. The van der Waals surface area contributed by atoms with Crippen LogP contribution in [0.15, 0.2) is 0 Å². The van der Waals surface area contributed by atoms with Crippen LogP contribution in [0.1, 0.15) is 65.7 Å². The first-order valence-corrected chi connectivity index (χ1v) is 9.91. The lowest BCUT2D eigenvalue weighted by atomic mass is 9.43. The molecule has 150 valence electrons. The molecule has 7 atom stereocenters.